The fourth-order valence-electron chi connectivity index (χ4n) is 3.72. The van der Waals surface area contributed by atoms with Gasteiger partial charge >= 0.3 is 0 Å². The number of nitrogens with one attached hydrogen (secondary N) is 2. The number of hydrazine groups is 1. The maximum Gasteiger partial charge on any atom is 0.269 e. The lowest BCUT2D eigenvalue weighted by Crippen LogP contribution is -2.39. The Morgan fingerprint density at radius 1 is 1.06 bits per heavy atom. The number of allylic oxidation sites excluding steroid dienone is 1. The van der Waals surface area contributed by atoms with E-state index >= 15 is 0 Å². The fraction of sp³-hybridized carbons (Fsp3) is 0.172. The summed E-state index contributed by atoms with van der Waals surface area (Å²) in [5.74, 6) is 1.38. The van der Waals surface area contributed by atoms with E-state index in [2.05, 4.69) is 30.8 Å². The van der Waals surface area contributed by atoms with Crippen molar-refractivity contribution in [2.75, 3.05) is 13.7 Å². The van der Waals surface area contributed by atoms with Gasteiger partial charge < -0.3 is 9.15 Å². The molecule has 1 aromatic heterocycles. The smallest absolute Gasteiger partial charge is 0.269 e. The van der Waals surface area contributed by atoms with Crippen LogP contribution in [0.4, 0.5) is 0 Å². The zero-order valence-corrected chi connectivity index (χ0v) is 20.0. The zero-order chi connectivity index (χ0) is 24.8. The predicted octanol–water partition coefficient (Wildman–Crippen LogP) is 6.06. The van der Waals surface area contributed by atoms with Crippen molar-refractivity contribution in [1.82, 2.24) is 10.9 Å². The highest BCUT2D eigenvalue weighted by Crippen LogP contribution is 2.34. The van der Waals surface area contributed by atoms with Gasteiger partial charge in [0, 0.05) is 17.5 Å². The molecule has 0 atom stereocenters. The zero-order valence-electron chi connectivity index (χ0n) is 20.0. The van der Waals surface area contributed by atoms with Gasteiger partial charge in [-0.1, -0.05) is 68.4 Å². The molecule has 35 heavy (non-hydrogen) atoms. The molecule has 1 heterocycles. The van der Waals surface area contributed by atoms with Crippen LogP contribution in [0.1, 0.15) is 35.3 Å². The third-order valence-electron chi connectivity index (χ3n) is 5.54. The number of nitrogens with zero attached hydrogens (tertiary/aromatic N) is 1. The number of ether oxygens (including phenoxy) is 1. The first-order valence-corrected chi connectivity index (χ1v) is 11.4. The van der Waals surface area contributed by atoms with Gasteiger partial charge in [-0.25, -0.2) is 5.43 Å². The lowest BCUT2D eigenvalue weighted by molar-refractivity contribution is 0.0933. The Balaban J connectivity index is 1.66. The van der Waals surface area contributed by atoms with Crippen LogP contribution in [0.2, 0.25) is 0 Å². The molecule has 0 radical (unpaired) electrons. The van der Waals surface area contributed by atoms with Crippen molar-refractivity contribution >= 4 is 28.5 Å². The fourth-order valence-corrected chi connectivity index (χ4v) is 3.72. The highest BCUT2D eigenvalue weighted by Gasteiger charge is 2.22. The number of carbonyl (C=O) groups is 1. The number of hydrogen-bond donors (Lipinski definition) is 2. The van der Waals surface area contributed by atoms with E-state index in [4.69, 9.17) is 9.15 Å². The summed E-state index contributed by atoms with van der Waals surface area (Å²) < 4.78 is 11.3. The summed E-state index contributed by atoms with van der Waals surface area (Å²) in [6.45, 7) is 4.79. The molecule has 4 aromatic rings. The number of rotatable bonds is 8. The van der Waals surface area contributed by atoms with Crippen molar-refractivity contribution in [3.63, 3.8) is 0 Å². The number of amides is 1. The van der Waals surface area contributed by atoms with Crippen LogP contribution >= 0.6 is 0 Å². The Morgan fingerprint density at radius 3 is 2.43 bits per heavy atom. The van der Waals surface area contributed by atoms with E-state index in [0.29, 0.717) is 34.9 Å². The topological polar surface area (TPSA) is 87.3 Å². The maximum absolute atomic E-state index is 13.1. The third-order valence-corrected chi connectivity index (χ3v) is 5.54. The van der Waals surface area contributed by atoms with Crippen LogP contribution in [0.25, 0.3) is 33.9 Å². The van der Waals surface area contributed by atoms with Gasteiger partial charge in [-0.15, -0.1) is 0 Å². The van der Waals surface area contributed by atoms with Crippen molar-refractivity contribution in [2.24, 2.45) is 5.92 Å². The van der Waals surface area contributed by atoms with Crippen molar-refractivity contribution < 1.29 is 13.9 Å². The van der Waals surface area contributed by atoms with Crippen LogP contribution in [-0.2, 0) is 0 Å². The number of fused-ring (bicyclic) bond motifs is 1. The maximum atomic E-state index is 13.1. The van der Waals surface area contributed by atoms with E-state index in [-0.39, 0.29) is 5.91 Å². The second kappa shape index (κ2) is 10.7. The van der Waals surface area contributed by atoms with Crippen LogP contribution in [0.3, 0.4) is 0 Å². The first kappa shape index (κ1) is 23.8. The second-order valence-electron chi connectivity index (χ2n) is 8.55. The van der Waals surface area contributed by atoms with Crippen LogP contribution in [-0.4, -0.2) is 19.6 Å². The second-order valence-corrected chi connectivity index (χ2v) is 8.55. The molecule has 0 aliphatic rings. The van der Waals surface area contributed by atoms with Gasteiger partial charge in [0.25, 0.3) is 5.91 Å². The molecule has 0 bridgehead atoms. The molecule has 0 aliphatic heterocycles. The number of methoxy groups -OCH3 is 1. The number of para-hydroxylation sites is 1. The van der Waals surface area contributed by atoms with E-state index in [1.807, 2.05) is 78.9 Å². The summed E-state index contributed by atoms with van der Waals surface area (Å²) in [6, 6.07) is 24.7. The van der Waals surface area contributed by atoms with E-state index in [9.17, 15) is 10.1 Å². The number of carbonyl (C=O) groups excluding carboxylic acids is 1. The van der Waals surface area contributed by atoms with Gasteiger partial charge in [0.2, 0.25) is 0 Å². The van der Waals surface area contributed by atoms with E-state index in [1.165, 1.54) is 0 Å². The quantitative estimate of drug-likeness (QED) is 0.188. The minimum atomic E-state index is -0.258. The van der Waals surface area contributed by atoms with Crippen LogP contribution in [0.15, 0.2) is 77.2 Å². The molecule has 1 amide bonds. The predicted molar refractivity (Wildman–Crippen MR) is 138 cm³/mol. The van der Waals surface area contributed by atoms with Crippen LogP contribution in [0.5, 0.6) is 5.75 Å². The van der Waals surface area contributed by atoms with Gasteiger partial charge in [-0.2, -0.15) is 5.26 Å². The molecule has 4 rings (SSSR count). The monoisotopic (exact) mass is 465 g/mol. The van der Waals surface area contributed by atoms with Gasteiger partial charge in [0.1, 0.15) is 17.1 Å². The lowest BCUT2D eigenvalue weighted by atomic mass is 10.00. The summed E-state index contributed by atoms with van der Waals surface area (Å²) in [5, 5.41) is 10.5. The van der Waals surface area contributed by atoms with Crippen LogP contribution in [0, 0.1) is 17.2 Å². The molecular weight excluding hydrogens is 438 g/mol. The van der Waals surface area contributed by atoms with E-state index in [1.54, 1.807) is 7.11 Å². The molecule has 0 saturated heterocycles. The molecule has 2 N–H and O–H groups in total. The molecule has 176 valence electrons. The van der Waals surface area contributed by atoms with Gasteiger partial charge in [-0.05, 0) is 41.3 Å². The summed E-state index contributed by atoms with van der Waals surface area (Å²) in [6.07, 6.45) is 1.83. The standard InChI is InChI=1S/C29H27N3O3/c1-19(2)18-31-32-29(33)27-25-6-4-5-7-26(25)35-28(27)22-12-10-21(11-13-22)23(17-30)16-20-8-14-24(34-3)15-9-20/h4-16,19,31H,18H2,1-3H3,(H,32,33). The Kier molecular flexibility index (Phi) is 7.30. The van der Waals surface area contributed by atoms with Crippen molar-refractivity contribution in [1.29, 1.82) is 5.26 Å². The van der Waals surface area contributed by atoms with Crippen molar-refractivity contribution in [3.05, 3.63) is 89.5 Å². The molecule has 0 unspecified atom stereocenters. The first-order chi connectivity index (χ1) is 17.0. The molecule has 0 fully saturated rings. The third kappa shape index (κ3) is 5.43. The van der Waals surface area contributed by atoms with E-state index in [0.717, 1.165) is 27.8 Å². The van der Waals surface area contributed by atoms with Crippen LogP contribution < -0.4 is 15.6 Å². The highest BCUT2D eigenvalue weighted by molar-refractivity contribution is 6.11. The lowest BCUT2D eigenvalue weighted by Gasteiger charge is -2.10. The summed E-state index contributed by atoms with van der Waals surface area (Å²) in [7, 11) is 1.62. The Labute approximate surface area is 204 Å². The average molecular weight is 466 g/mol. The minimum Gasteiger partial charge on any atom is -0.497 e. The number of benzene rings is 3. The minimum absolute atomic E-state index is 0.258. The Bertz CT molecular complexity index is 1390. The largest absolute Gasteiger partial charge is 0.497 e. The van der Waals surface area contributed by atoms with Gasteiger partial charge in [0.15, 0.2) is 0 Å². The summed E-state index contributed by atoms with van der Waals surface area (Å²) in [4.78, 5) is 13.1. The molecule has 6 nitrogen and oxygen atoms in total. The molecule has 0 saturated carbocycles. The SMILES string of the molecule is COc1ccc(C=C(C#N)c2ccc(-c3oc4ccccc4c3C(=O)NNCC(C)C)cc2)cc1. The van der Waals surface area contributed by atoms with Gasteiger partial charge in [-0.3, -0.25) is 10.2 Å². The Morgan fingerprint density at radius 2 is 1.77 bits per heavy atom. The van der Waals surface area contributed by atoms with Crippen molar-refractivity contribution in [3.8, 4) is 23.1 Å². The van der Waals surface area contributed by atoms with Gasteiger partial charge in [0.05, 0.1) is 24.3 Å². The number of furan rings is 1. The highest BCUT2D eigenvalue weighted by atomic mass is 16.5. The molecular formula is C29H27N3O3. The summed E-state index contributed by atoms with van der Waals surface area (Å²) in [5.41, 5.74) is 9.83. The molecule has 0 aliphatic carbocycles. The average Bonchev–Trinajstić information content (AvgIpc) is 3.27. The Hall–Kier alpha value is -4.34. The molecule has 0 spiro atoms. The first-order valence-electron chi connectivity index (χ1n) is 11.4. The number of hydrogen-bond acceptors (Lipinski definition) is 5. The van der Waals surface area contributed by atoms with E-state index < -0.39 is 0 Å². The van der Waals surface area contributed by atoms with Crippen molar-refractivity contribution in [2.45, 2.75) is 13.8 Å². The number of nitriles is 1. The molecule has 3 aromatic carbocycles. The normalized spacial score (nSPS) is 11.5. The summed E-state index contributed by atoms with van der Waals surface area (Å²) >= 11 is 0. The molecule has 6 heteroatoms.